The van der Waals surface area contributed by atoms with Gasteiger partial charge >= 0.3 is 0 Å². The first-order valence-electron chi connectivity index (χ1n) is 5.01. The summed E-state index contributed by atoms with van der Waals surface area (Å²) in [5.41, 5.74) is 0.707. The Kier molecular flexibility index (Phi) is 2.02. The third kappa shape index (κ3) is 0.983. The summed E-state index contributed by atoms with van der Waals surface area (Å²) >= 11 is 0. The van der Waals surface area contributed by atoms with E-state index in [4.69, 9.17) is 0 Å². The largest absolute Gasteiger partial charge is 0.310 e. The van der Waals surface area contributed by atoms with E-state index >= 15 is 0 Å². The summed E-state index contributed by atoms with van der Waals surface area (Å²) in [4.78, 5) is 16.0. The average molecular weight is 190 g/mol. The highest BCUT2D eigenvalue weighted by Crippen LogP contribution is 2.41. The molecule has 0 unspecified atom stereocenters. The zero-order chi connectivity index (χ0) is 10.2. The van der Waals surface area contributed by atoms with Gasteiger partial charge in [-0.1, -0.05) is 19.9 Å². The smallest absolute Gasteiger partial charge is 0.236 e. The molecule has 0 radical (unpaired) electrons. The molecule has 3 nitrogen and oxygen atoms in total. The number of nitrogens with zero attached hydrogens (tertiary/aromatic N) is 1. The van der Waals surface area contributed by atoms with Crippen molar-refractivity contribution in [1.29, 1.82) is 0 Å². The molecule has 3 heteroatoms. The van der Waals surface area contributed by atoms with Gasteiger partial charge in [0.2, 0.25) is 5.91 Å². The quantitative estimate of drug-likeness (QED) is 0.775. The molecular weight excluding hydrogens is 176 g/mol. The lowest BCUT2D eigenvalue weighted by molar-refractivity contribution is -0.121. The summed E-state index contributed by atoms with van der Waals surface area (Å²) in [6, 6.07) is 3.88. The minimum atomic E-state index is -0.344. The molecule has 1 aliphatic heterocycles. The molecule has 0 atom stereocenters. The number of fused-ring (bicyclic) bond motifs is 1. The lowest BCUT2D eigenvalue weighted by Gasteiger charge is -2.23. The van der Waals surface area contributed by atoms with Crippen molar-refractivity contribution >= 4 is 11.7 Å². The van der Waals surface area contributed by atoms with E-state index in [0.717, 1.165) is 24.2 Å². The van der Waals surface area contributed by atoms with Crippen molar-refractivity contribution in [2.45, 2.75) is 32.1 Å². The van der Waals surface area contributed by atoms with E-state index in [-0.39, 0.29) is 11.3 Å². The summed E-state index contributed by atoms with van der Waals surface area (Å²) in [6.07, 6.45) is 3.36. The van der Waals surface area contributed by atoms with Crippen LogP contribution in [0.15, 0.2) is 18.3 Å². The third-order valence-corrected chi connectivity index (χ3v) is 3.20. The van der Waals surface area contributed by atoms with Crippen LogP contribution in [-0.2, 0) is 10.2 Å². The molecule has 0 fully saturated rings. The zero-order valence-electron chi connectivity index (χ0n) is 8.50. The molecule has 0 aliphatic carbocycles. The van der Waals surface area contributed by atoms with E-state index in [1.807, 2.05) is 26.0 Å². The van der Waals surface area contributed by atoms with Crippen LogP contribution in [0.5, 0.6) is 0 Å². The molecule has 2 heterocycles. The summed E-state index contributed by atoms with van der Waals surface area (Å²) in [6.45, 7) is 4.09. The maximum Gasteiger partial charge on any atom is 0.236 e. The molecule has 0 bridgehead atoms. The Labute approximate surface area is 83.5 Å². The molecule has 14 heavy (non-hydrogen) atoms. The van der Waals surface area contributed by atoms with Crippen LogP contribution < -0.4 is 5.32 Å². The maximum absolute atomic E-state index is 11.9. The molecule has 1 N–H and O–H groups in total. The van der Waals surface area contributed by atoms with Crippen molar-refractivity contribution in [1.82, 2.24) is 4.98 Å². The highest BCUT2D eigenvalue weighted by molar-refractivity contribution is 6.05. The molecule has 0 spiro atoms. The van der Waals surface area contributed by atoms with Crippen molar-refractivity contribution in [2.24, 2.45) is 0 Å². The lowest BCUT2D eigenvalue weighted by atomic mass is 9.77. The van der Waals surface area contributed by atoms with E-state index in [1.165, 1.54) is 0 Å². The monoisotopic (exact) mass is 190 g/mol. The Morgan fingerprint density at radius 2 is 2.14 bits per heavy atom. The number of pyridine rings is 1. The minimum absolute atomic E-state index is 0.0937. The fraction of sp³-hybridized carbons (Fsp3) is 0.455. The number of hydrogen-bond acceptors (Lipinski definition) is 2. The molecule has 0 saturated carbocycles. The average Bonchev–Trinajstić information content (AvgIpc) is 2.50. The maximum atomic E-state index is 11.9. The summed E-state index contributed by atoms with van der Waals surface area (Å²) in [5.74, 6) is 0.831. The molecule has 2 rings (SSSR count). The van der Waals surface area contributed by atoms with E-state index < -0.39 is 0 Å². The topological polar surface area (TPSA) is 42.0 Å². The Morgan fingerprint density at radius 1 is 1.43 bits per heavy atom. The first-order valence-corrected chi connectivity index (χ1v) is 5.01. The number of hydrogen-bond donors (Lipinski definition) is 1. The Balaban J connectivity index is 2.58. The first kappa shape index (κ1) is 9.19. The number of rotatable bonds is 2. The van der Waals surface area contributed by atoms with Crippen molar-refractivity contribution in [3.63, 3.8) is 0 Å². The second kappa shape index (κ2) is 3.08. The SMILES string of the molecule is CCC1(CC)C(=O)Nc2ncccc21. The highest BCUT2D eigenvalue weighted by atomic mass is 16.2. The van der Waals surface area contributed by atoms with E-state index in [1.54, 1.807) is 6.20 Å². The van der Waals surface area contributed by atoms with Gasteiger partial charge in [-0.05, 0) is 18.9 Å². The molecule has 74 valence electrons. The normalized spacial score (nSPS) is 17.7. The van der Waals surface area contributed by atoms with Crippen molar-refractivity contribution < 1.29 is 4.79 Å². The van der Waals surface area contributed by atoms with Crippen LogP contribution in [0.25, 0.3) is 0 Å². The van der Waals surface area contributed by atoms with Crippen LogP contribution in [0.2, 0.25) is 0 Å². The van der Waals surface area contributed by atoms with Gasteiger partial charge in [-0.2, -0.15) is 0 Å². The number of aromatic nitrogens is 1. The second-order valence-corrected chi connectivity index (χ2v) is 3.64. The highest BCUT2D eigenvalue weighted by Gasteiger charge is 2.44. The number of anilines is 1. The number of nitrogens with one attached hydrogen (secondary N) is 1. The number of carbonyl (C=O) groups excluding carboxylic acids is 1. The Bertz CT molecular complexity index is 369. The van der Waals surface area contributed by atoms with Crippen molar-refractivity contribution in [3.05, 3.63) is 23.9 Å². The van der Waals surface area contributed by atoms with E-state index in [0.29, 0.717) is 0 Å². The zero-order valence-corrected chi connectivity index (χ0v) is 8.50. The van der Waals surface area contributed by atoms with Crippen LogP contribution in [0.1, 0.15) is 32.3 Å². The van der Waals surface area contributed by atoms with E-state index in [2.05, 4.69) is 10.3 Å². The summed E-state index contributed by atoms with van der Waals surface area (Å²) in [5, 5.41) is 2.84. The van der Waals surface area contributed by atoms with Gasteiger partial charge in [-0.25, -0.2) is 4.98 Å². The molecule has 1 aromatic heterocycles. The number of amides is 1. The Hall–Kier alpha value is -1.38. The van der Waals surface area contributed by atoms with Gasteiger partial charge < -0.3 is 5.32 Å². The summed E-state index contributed by atoms with van der Waals surface area (Å²) in [7, 11) is 0. The van der Waals surface area contributed by atoms with Crippen LogP contribution in [0.3, 0.4) is 0 Å². The molecule has 0 aromatic carbocycles. The van der Waals surface area contributed by atoms with Gasteiger partial charge in [-0.3, -0.25) is 4.79 Å². The van der Waals surface area contributed by atoms with Gasteiger partial charge in [0.1, 0.15) is 5.82 Å². The predicted octanol–water partition coefficient (Wildman–Crippen LogP) is 2.09. The lowest BCUT2D eigenvalue weighted by Crippen LogP contribution is -2.32. The van der Waals surface area contributed by atoms with E-state index in [9.17, 15) is 4.79 Å². The third-order valence-electron chi connectivity index (χ3n) is 3.20. The fourth-order valence-electron chi connectivity index (χ4n) is 2.19. The second-order valence-electron chi connectivity index (χ2n) is 3.64. The van der Waals surface area contributed by atoms with Gasteiger partial charge in [0.25, 0.3) is 0 Å². The molecule has 0 saturated heterocycles. The molecular formula is C11H14N2O. The fourth-order valence-corrected chi connectivity index (χ4v) is 2.19. The molecule has 1 aliphatic rings. The van der Waals surface area contributed by atoms with Crippen molar-refractivity contribution in [3.8, 4) is 0 Å². The van der Waals surface area contributed by atoms with Gasteiger partial charge in [-0.15, -0.1) is 0 Å². The predicted molar refractivity (Wildman–Crippen MR) is 55.1 cm³/mol. The van der Waals surface area contributed by atoms with Gasteiger partial charge in [0, 0.05) is 11.8 Å². The number of carbonyl (C=O) groups is 1. The van der Waals surface area contributed by atoms with Crippen LogP contribution in [0.4, 0.5) is 5.82 Å². The summed E-state index contributed by atoms with van der Waals surface area (Å²) < 4.78 is 0. The molecule has 1 amide bonds. The Morgan fingerprint density at radius 3 is 2.79 bits per heavy atom. The first-order chi connectivity index (χ1) is 6.74. The van der Waals surface area contributed by atoms with Crippen LogP contribution >= 0.6 is 0 Å². The molecule has 1 aromatic rings. The standard InChI is InChI=1S/C11H14N2O/c1-3-11(4-2)8-6-5-7-12-9(8)13-10(11)14/h5-7H,3-4H2,1-2H3,(H,12,13,14). The minimum Gasteiger partial charge on any atom is -0.310 e. The van der Waals surface area contributed by atoms with Crippen molar-refractivity contribution in [2.75, 3.05) is 5.32 Å². The van der Waals surface area contributed by atoms with Gasteiger partial charge in [0.05, 0.1) is 5.41 Å². The van der Waals surface area contributed by atoms with Crippen LogP contribution in [0, 0.1) is 0 Å². The van der Waals surface area contributed by atoms with Crippen LogP contribution in [-0.4, -0.2) is 10.9 Å². The van der Waals surface area contributed by atoms with Gasteiger partial charge in [0.15, 0.2) is 0 Å².